The number of amides is 1. The minimum absolute atomic E-state index is 0.241. The summed E-state index contributed by atoms with van der Waals surface area (Å²) in [5, 5.41) is 8.53. The van der Waals surface area contributed by atoms with Crippen molar-refractivity contribution in [2.75, 3.05) is 0 Å². The van der Waals surface area contributed by atoms with Gasteiger partial charge in [-0.1, -0.05) is 6.07 Å². The summed E-state index contributed by atoms with van der Waals surface area (Å²) < 4.78 is 0. The maximum absolute atomic E-state index is 11.3. The van der Waals surface area contributed by atoms with E-state index in [-0.39, 0.29) is 11.7 Å². The zero-order valence-corrected chi connectivity index (χ0v) is 8.29. The van der Waals surface area contributed by atoms with Crippen molar-refractivity contribution in [2.24, 2.45) is 22.2 Å². The summed E-state index contributed by atoms with van der Waals surface area (Å²) in [6, 6.07) is 3.85. The highest BCUT2D eigenvalue weighted by molar-refractivity contribution is 5.94. The third-order valence-corrected chi connectivity index (χ3v) is 1.77. The lowest BCUT2D eigenvalue weighted by molar-refractivity contribution is -0.119. The van der Waals surface area contributed by atoms with E-state index in [1.54, 1.807) is 0 Å². The topological polar surface area (TPSA) is 144 Å². The van der Waals surface area contributed by atoms with E-state index in [0.29, 0.717) is 5.56 Å². The van der Waals surface area contributed by atoms with Crippen LogP contribution in [0.2, 0.25) is 0 Å². The second kappa shape index (κ2) is 4.86. The van der Waals surface area contributed by atoms with Gasteiger partial charge in [-0.25, -0.2) is 4.98 Å². The smallest absolute Gasteiger partial charge is 0.270 e. The fourth-order valence-electron chi connectivity index (χ4n) is 0.995. The number of aliphatic imine (C=N–C) groups is 1. The minimum Gasteiger partial charge on any atom is -0.370 e. The molecule has 0 saturated heterocycles. The molecular formula is C9H10N6O. The number of pyridine rings is 1. The Morgan fingerprint density at radius 1 is 1.50 bits per heavy atom. The number of nitriles is 1. The number of aromatic nitrogens is 1. The Hall–Kier alpha value is -2.46. The standard InChI is InChI=1S/C9H10N6O/c10-3-6-2-1-5(4-14-6)7(11)8(16)15-9(12)13/h1-2,4,7H,11H2,(H4,12,13,15,16). The van der Waals surface area contributed by atoms with Crippen LogP contribution in [0.1, 0.15) is 17.3 Å². The molecule has 7 nitrogen and oxygen atoms in total. The van der Waals surface area contributed by atoms with E-state index < -0.39 is 11.9 Å². The predicted octanol–water partition coefficient (Wildman–Crippen LogP) is -1.25. The SMILES string of the molecule is N#Cc1ccc(C(N)C(=O)N=C(N)N)cn1. The first-order valence-electron chi connectivity index (χ1n) is 4.29. The maximum atomic E-state index is 11.3. The van der Waals surface area contributed by atoms with Gasteiger partial charge in [0.1, 0.15) is 17.8 Å². The number of guanidine groups is 1. The van der Waals surface area contributed by atoms with Crippen molar-refractivity contribution in [1.29, 1.82) is 5.26 Å². The van der Waals surface area contributed by atoms with Crippen LogP contribution in [0, 0.1) is 11.3 Å². The Balaban J connectivity index is 2.89. The third-order valence-electron chi connectivity index (χ3n) is 1.77. The van der Waals surface area contributed by atoms with E-state index in [9.17, 15) is 4.79 Å². The van der Waals surface area contributed by atoms with Crippen LogP contribution in [0.3, 0.4) is 0 Å². The number of carbonyl (C=O) groups is 1. The zero-order valence-electron chi connectivity index (χ0n) is 8.29. The summed E-state index contributed by atoms with van der Waals surface area (Å²) in [5.74, 6) is -1.01. The molecule has 0 aliphatic rings. The quantitative estimate of drug-likeness (QED) is 0.418. The molecule has 1 aromatic rings. The molecule has 6 N–H and O–H groups in total. The molecule has 0 bridgehead atoms. The fourth-order valence-corrected chi connectivity index (χ4v) is 0.995. The van der Waals surface area contributed by atoms with Crippen molar-refractivity contribution >= 4 is 11.9 Å². The van der Waals surface area contributed by atoms with Crippen LogP contribution < -0.4 is 17.2 Å². The molecule has 0 saturated carbocycles. The molecule has 1 heterocycles. The molecule has 0 spiro atoms. The van der Waals surface area contributed by atoms with E-state index >= 15 is 0 Å². The molecule has 0 fully saturated rings. The molecule has 1 amide bonds. The van der Waals surface area contributed by atoms with Crippen LogP contribution in [0.4, 0.5) is 0 Å². The highest BCUT2D eigenvalue weighted by Crippen LogP contribution is 2.10. The van der Waals surface area contributed by atoms with Gasteiger partial charge in [0, 0.05) is 6.20 Å². The van der Waals surface area contributed by atoms with Crippen LogP contribution in [-0.4, -0.2) is 16.9 Å². The number of carbonyl (C=O) groups excluding carboxylic acids is 1. The third kappa shape index (κ3) is 2.76. The Kier molecular flexibility index (Phi) is 3.53. The highest BCUT2D eigenvalue weighted by atomic mass is 16.1. The monoisotopic (exact) mass is 218 g/mol. The van der Waals surface area contributed by atoms with Crippen LogP contribution in [0.25, 0.3) is 0 Å². The van der Waals surface area contributed by atoms with E-state index in [0.717, 1.165) is 0 Å². The van der Waals surface area contributed by atoms with E-state index in [1.165, 1.54) is 18.3 Å². The summed E-state index contributed by atoms with van der Waals surface area (Å²) in [7, 11) is 0. The Morgan fingerprint density at radius 3 is 2.62 bits per heavy atom. The summed E-state index contributed by atoms with van der Waals surface area (Å²) in [6.07, 6.45) is 1.34. The zero-order chi connectivity index (χ0) is 12.1. The van der Waals surface area contributed by atoms with Gasteiger partial charge in [-0.15, -0.1) is 0 Å². The number of nitrogens with zero attached hydrogens (tertiary/aromatic N) is 3. The van der Waals surface area contributed by atoms with E-state index in [4.69, 9.17) is 22.5 Å². The van der Waals surface area contributed by atoms with E-state index in [1.807, 2.05) is 6.07 Å². The lowest BCUT2D eigenvalue weighted by Crippen LogP contribution is -2.28. The number of hydrogen-bond donors (Lipinski definition) is 3. The first-order valence-corrected chi connectivity index (χ1v) is 4.29. The fraction of sp³-hybridized carbons (Fsp3) is 0.111. The van der Waals surface area contributed by atoms with Gasteiger partial charge < -0.3 is 17.2 Å². The van der Waals surface area contributed by atoms with Crippen molar-refractivity contribution in [3.8, 4) is 6.07 Å². The number of nitrogens with two attached hydrogens (primary N) is 3. The van der Waals surface area contributed by atoms with Gasteiger partial charge in [-0.05, 0) is 11.6 Å². The minimum atomic E-state index is -0.984. The van der Waals surface area contributed by atoms with Gasteiger partial charge >= 0.3 is 0 Å². The van der Waals surface area contributed by atoms with Crippen LogP contribution in [0.15, 0.2) is 23.3 Å². The molecule has 0 radical (unpaired) electrons. The van der Waals surface area contributed by atoms with Gasteiger partial charge in [0.15, 0.2) is 5.96 Å². The summed E-state index contributed by atoms with van der Waals surface area (Å²) in [5.41, 5.74) is 16.4. The van der Waals surface area contributed by atoms with Crippen molar-refractivity contribution < 1.29 is 4.79 Å². The van der Waals surface area contributed by atoms with E-state index in [2.05, 4.69) is 9.98 Å². The van der Waals surface area contributed by atoms with Crippen molar-refractivity contribution in [3.05, 3.63) is 29.6 Å². The number of hydrogen-bond acceptors (Lipinski definition) is 4. The Labute approximate surface area is 91.6 Å². The molecule has 1 unspecified atom stereocenters. The molecule has 0 aromatic carbocycles. The Morgan fingerprint density at radius 2 is 2.19 bits per heavy atom. The second-order valence-corrected chi connectivity index (χ2v) is 2.94. The summed E-state index contributed by atoms with van der Waals surface area (Å²) in [6.45, 7) is 0. The van der Waals surface area contributed by atoms with Crippen molar-refractivity contribution in [2.45, 2.75) is 6.04 Å². The molecular weight excluding hydrogens is 208 g/mol. The van der Waals surface area contributed by atoms with Gasteiger partial charge in [0.05, 0.1) is 0 Å². The Bertz CT molecular complexity index is 454. The van der Waals surface area contributed by atoms with Gasteiger partial charge in [0.25, 0.3) is 5.91 Å². The van der Waals surface area contributed by atoms with Gasteiger partial charge in [-0.2, -0.15) is 10.3 Å². The average Bonchev–Trinajstić information content (AvgIpc) is 2.27. The molecule has 1 atom stereocenters. The lowest BCUT2D eigenvalue weighted by Gasteiger charge is -2.06. The highest BCUT2D eigenvalue weighted by Gasteiger charge is 2.15. The molecule has 16 heavy (non-hydrogen) atoms. The molecule has 1 rings (SSSR count). The van der Waals surface area contributed by atoms with Crippen molar-refractivity contribution in [1.82, 2.24) is 4.98 Å². The number of rotatable bonds is 2. The molecule has 1 aromatic heterocycles. The molecule has 0 aliphatic carbocycles. The summed E-state index contributed by atoms with van der Waals surface area (Å²) >= 11 is 0. The first-order chi connectivity index (χ1) is 7.54. The van der Waals surface area contributed by atoms with Crippen LogP contribution in [-0.2, 0) is 4.79 Å². The maximum Gasteiger partial charge on any atom is 0.270 e. The van der Waals surface area contributed by atoms with Crippen LogP contribution >= 0.6 is 0 Å². The van der Waals surface area contributed by atoms with Crippen molar-refractivity contribution in [3.63, 3.8) is 0 Å². The van der Waals surface area contributed by atoms with Gasteiger partial charge in [-0.3, -0.25) is 4.79 Å². The molecule has 82 valence electrons. The normalized spacial score (nSPS) is 11.2. The predicted molar refractivity (Wildman–Crippen MR) is 56.7 cm³/mol. The summed E-state index contributed by atoms with van der Waals surface area (Å²) in [4.78, 5) is 18.4. The lowest BCUT2D eigenvalue weighted by atomic mass is 10.1. The average molecular weight is 218 g/mol. The van der Waals surface area contributed by atoms with Gasteiger partial charge in [0.2, 0.25) is 0 Å². The molecule has 7 heteroatoms. The largest absolute Gasteiger partial charge is 0.370 e. The first kappa shape index (κ1) is 11.6. The van der Waals surface area contributed by atoms with Crippen LogP contribution in [0.5, 0.6) is 0 Å². The molecule has 0 aliphatic heterocycles. The second-order valence-electron chi connectivity index (χ2n) is 2.94.